The molecule has 2 aliphatic carbocycles. The molecule has 4 rings (SSSR count). The Kier molecular flexibility index (Phi) is 3.51. The van der Waals surface area contributed by atoms with Gasteiger partial charge >= 0.3 is 12.3 Å². The van der Waals surface area contributed by atoms with Crippen LogP contribution in [0.4, 0.5) is 13.2 Å². The molecule has 128 valence electrons. The Morgan fingerprint density at radius 1 is 1.25 bits per heavy atom. The molecule has 1 atom stereocenters. The summed E-state index contributed by atoms with van der Waals surface area (Å²) in [4.78, 5) is 8.53. The predicted molar refractivity (Wildman–Crippen MR) is 77.6 cm³/mol. The van der Waals surface area contributed by atoms with Crippen molar-refractivity contribution in [3.05, 3.63) is 23.7 Å². The van der Waals surface area contributed by atoms with Gasteiger partial charge in [-0.25, -0.2) is 8.78 Å². The lowest BCUT2D eigenvalue weighted by molar-refractivity contribution is -0.153. The maximum atomic E-state index is 14.0. The van der Waals surface area contributed by atoms with Crippen LogP contribution in [0, 0.1) is 0 Å². The zero-order chi connectivity index (χ0) is 16.9. The van der Waals surface area contributed by atoms with Crippen molar-refractivity contribution >= 4 is 0 Å². The molecule has 2 fully saturated rings. The standard InChI is InChI=1S/C16H16F3N3O2/c1-16(19,15(17)18)23-12-6-11(20-7-10(12)8-2-3-8)13-21-14(24-22-13)9-4-5-9/h6-9,15H,2-5H2,1H3/t16-/m1/s1. The third-order valence-electron chi connectivity index (χ3n) is 4.21. The highest BCUT2D eigenvalue weighted by atomic mass is 19.3. The summed E-state index contributed by atoms with van der Waals surface area (Å²) < 4.78 is 49.8. The smallest absolute Gasteiger partial charge is 0.306 e. The summed E-state index contributed by atoms with van der Waals surface area (Å²) in [5, 5.41) is 3.86. The van der Waals surface area contributed by atoms with E-state index in [1.807, 2.05) is 0 Å². The Hall–Kier alpha value is -2.12. The molecule has 5 nitrogen and oxygen atoms in total. The summed E-state index contributed by atoms with van der Waals surface area (Å²) in [5.41, 5.74) is 0.948. The molecule has 2 aliphatic rings. The first kappa shape index (κ1) is 15.4. The van der Waals surface area contributed by atoms with Crippen molar-refractivity contribution in [1.82, 2.24) is 15.1 Å². The normalized spacial score (nSPS) is 20.2. The van der Waals surface area contributed by atoms with E-state index in [1.165, 1.54) is 12.3 Å². The van der Waals surface area contributed by atoms with Crippen LogP contribution in [0.5, 0.6) is 5.75 Å². The molecule has 0 aliphatic heterocycles. The van der Waals surface area contributed by atoms with Crippen molar-refractivity contribution < 1.29 is 22.4 Å². The number of hydrogen-bond acceptors (Lipinski definition) is 5. The van der Waals surface area contributed by atoms with E-state index in [-0.39, 0.29) is 17.5 Å². The molecule has 0 radical (unpaired) electrons. The molecular formula is C16H16F3N3O2. The first-order valence-electron chi connectivity index (χ1n) is 7.94. The minimum Gasteiger partial charge on any atom is -0.452 e. The molecule has 0 spiro atoms. The highest BCUT2D eigenvalue weighted by molar-refractivity contribution is 5.54. The Balaban J connectivity index is 1.67. The largest absolute Gasteiger partial charge is 0.452 e. The van der Waals surface area contributed by atoms with Gasteiger partial charge in [0.1, 0.15) is 11.4 Å². The fourth-order valence-corrected chi connectivity index (χ4v) is 2.45. The summed E-state index contributed by atoms with van der Waals surface area (Å²) >= 11 is 0. The number of pyridine rings is 1. The zero-order valence-corrected chi connectivity index (χ0v) is 13.0. The molecule has 0 saturated heterocycles. The van der Waals surface area contributed by atoms with Crippen molar-refractivity contribution in [3.8, 4) is 17.3 Å². The van der Waals surface area contributed by atoms with Gasteiger partial charge in [-0.2, -0.15) is 9.37 Å². The van der Waals surface area contributed by atoms with Crippen LogP contribution >= 0.6 is 0 Å². The molecule has 0 amide bonds. The number of nitrogens with zero attached hydrogens (tertiary/aromatic N) is 3. The van der Waals surface area contributed by atoms with Gasteiger partial charge in [0, 0.05) is 30.7 Å². The van der Waals surface area contributed by atoms with Crippen molar-refractivity contribution in [3.63, 3.8) is 0 Å². The van der Waals surface area contributed by atoms with Crippen LogP contribution < -0.4 is 4.74 Å². The first-order chi connectivity index (χ1) is 11.4. The van der Waals surface area contributed by atoms with E-state index < -0.39 is 12.3 Å². The Morgan fingerprint density at radius 3 is 2.58 bits per heavy atom. The van der Waals surface area contributed by atoms with Crippen LogP contribution in [0.3, 0.4) is 0 Å². The predicted octanol–water partition coefficient (Wildman–Crippen LogP) is 4.22. The monoisotopic (exact) mass is 339 g/mol. The van der Waals surface area contributed by atoms with Gasteiger partial charge in [0.2, 0.25) is 11.7 Å². The van der Waals surface area contributed by atoms with Crippen LogP contribution in [0.2, 0.25) is 0 Å². The lowest BCUT2D eigenvalue weighted by atomic mass is 10.1. The van der Waals surface area contributed by atoms with E-state index in [1.54, 1.807) is 0 Å². The molecule has 2 saturated carbocycles. The van der Waals surface area contributed by atoms with Crippen LogP contribution in [-0.4, -0.2) is 27.4 Å². The summed E-state index contributed by atoms with van der Waals surface area (Å²) in [6.45, 7) is 0.716. The molecule has 0 N–H and O–H groups in total. The fraction of sp³-hybridized carbons (Fsp3) is 0.562. The quantitative estimate of drug-likeness (QED) is 0.789. The second-order valence-corrected chi connectivity index (χ2v) is 6.50. The average Bonchev–Trinajstić information content (AvgIpc) is 3.46. The number of aromatic nitrogens is 3. The van der Waals surface area contributed by atoms with Crippen molar-refractivity contribution in [1.29, 1.82) is 0 Å². The molecular weight excluding hydrogens is 323 g/mol. The highest BCUT2D eigenvalue weighted by Gasteiger charge is 2.39. The fourth-order valence-electron chi connectivity index (χ4n) is 2.45. The van der Waals surface area contributed by atoms with Crippen LogP contribution in [0.25, 0.3) is 11.5 Å². The molecule has 2 aromatic heterocycles. The number of hydrogen-bond donors (Lipinski definition) is 0. The molecule has 0 unspecified atom stereocenters. The molecule has 2 heterocycles. The third kappa shape index (κ3) is 2.97. The maximum Gasteiger partial charge on any atom is 0.306 e. The van der Waals surface area contributed by atoms with E-state index in [0.29, 0.717) is 30.0 Å². The Bertz CT molecular complexity index is 755. The van der Waals surface area contributed by atoms with Crippen LogP contribution in [0.1, 0.15) is 55.9 Å². The number of ether oxygens (including phenoxy) is 1. The molecule has 2 aromatic rings. The molecule has 0 aromatic carbocycles. The SMILES string of the molecule is C[C@@](F)(Oc1cc(-c2noc(C3CC3)n2)ncc1C1CC1)C(F)F. The average molecular weight is 339 g/mol. The second kappa shape index (κ2) is 5.46. The summed E-state index contributed by atoms with van der Waals surface area (Å²) in [7, 11) is 0. The first-order valence-corrected chi connectivity index (χ1v) is 7.94. The van der Waals surface area contributed by atoms with Gasteiger partial charge in [-0.3, -0.25) is 4.98 Å². The van der Waals surface area contributed by atoms with E-state index >= 15 is 0 Å². The second-order valence-electron chi connectivity index (χ2n) is 6.50. The molecule has 24 heavy (non-hydrogen) atoms. The van der Waals surface area contributed by atoms with Gasteiger partial charge in [-0.15, -0.1) is 0 Å². The van der Waals surface area contributed by atoms with E-state index in [0.717, 1.165) is 25.7 Å². The minimum atomic E-state index is -3.26. The Morgan fingerprint density at radius 2 is 1.96 bits per heavy atom. The van der Waals surface area contributed by atoms with Crippen molar-refractivity contribution in [2.24, 2.45) is 0 Å². The molecule has 8 heteroatoms. The lowest BCUT2D eigenvalue weighted by Crippen LogP contribution is -2.35. The Labute approximate surface area is 136 Å². The number of alkyl halides is 3. The lowest BCUT2D eigenvalue weighted by Gasteiger charge is -2.23. The van der Waals surface area contributed by atoms with E-state index in [9.17, 15) is 13.2 Å². The van der Waals surface area contributed by atoms with Gasteiger partial charge in [-0.05, 0) is 31.6 Å². The van der Waals surface area contributed by atoms with Gasteiger partial charge in [0.05, 0.1) is 0 Å². The topological polar surface area (TPSA) is 61.0 Å². The maximum absolute atomic E-state index is 14.0. The summed E-state index contributed by atoms with van der Waals surface area (Å²) in [5.74, 6) is -1.75. The van der Waals surface area contributed by atoms with Gasteiger partial charge < -0.3 is 9.26 Å². The summed E-state index contributed by atoms with van der Waals surface area (Å²) in [6.07, 6.45) is 2.10. The van der Waals surface area contributed by atoms with Crippen LogP contribution in [0.15, 0.2) is 16.8 Å². The van der Waals surface area contributed by atoms with E-state index in [4.69, 9.17) is 9.26 Å². The van der Waals surface area contributed by atoms with Crippen molar-refractivity contribution in [2.45, 2.75) is 56.7 Å². The number of rotatable bonds is 6. The molecule has 0 bridgehead atoms. The van der Waals surface area contributed by atoms with Gasteiger partial charge in [0.25, 0.3) is 0 Å². The van der Waals surface area contributed by atoms with Gasteiger partial charge in [-0.1, -0.05) is 5.16 Å². The summed E-state index contributed by atoms with van der Waals surface area (Å²) in [6, 6.07) is 1.41. The number of halogens is 3. The van der Waals surface area contributed by atoms with Gasteiger partial charge in [0.15, 0.2) is 0 Å². The zero-order valence-electron chi connectivity index (χ0n) is 13.0. The van der Waals surface area contributed by atoms with E-state index in [2.05, 4.69) is 15.1 Å². The minimum absolute atomic E-state index is 0.0607. The third-order valence-corrected chi connectivity index (χ3v) is 4.21. The van der Waals surface area contributed by atoms with Crippen molar-refractivity contribution in [2.75, 3.05) is 0 Å². The van der Waals surface area contributed by atoms with Crippen LogP contribution in [-0.2, 0) is 0 Å². The highest BCUT2D eigenvalue weighted by Crippen LogP contribution is 2.46.